The maximum atomic E-state index is 11.1. The van der Waals surface area contributed by atoms with Crippen LogP contribution in [0.2, 0.25) is 0 Å². The summed E-state index contributed by atoms with van der Waals surface area (Å²) < 4.78 is 0. The number of aryl methyl sites for hydroxylation is 1. The number of benzene rings is 1. The number of carbonyl (C=O) groups is 1. The highest BCUT2D eigenvalue weighted by Crippen LogP contribution is 2.17. The van der Waals surface area contributed by atoms with Crippen LogP contribution in [0.5, 0.6) is 0 Å². The predicted octanol–water partition coefficient (Wildman–Crippen LogP) is 2.13. The van der Waals surface area contributed by atoms with Gasteiger partial charge in [-0.1, -0.05) is 24.3 Å². The van der Waals surface area contributed by atoms with Crippen LogP contribution in [0.1, 0.15) is 21.6 Å². The van der Waals surface area contributed by atoms with Gasteiger partial charge in [0.2, 0.25) is 0 Å². The number of hydrogen-bond acceptors (Lipinski definition) is 3. The molecule has 0 spiro atoms. The second-order valence-electron chi connectivity index (χ2n) is 4.55. The fraction of sp³-hybridized carbons (Fsp3) is 0.200. The number of carbonyl (C=O) groups excluding carboxylic acids is 1. The standard InChI is InChI=1S/C15H17N3O/c1-11-5-3-4-6-12(11)10-18(2)13-7-8-17-14(9-13)15(16)19/h3-9H,10H2,1-2H3,(H2,16,19). The molecule has 2 aromatic rings. The van der Waals surface area contributed by atoms with Gasteiger partial charge in [0, 0.05) is 25.5 Å². The molecule has 0 atom stereocenters. The molecular weight excluding hydrogens is 238 g/mol. The number of amides is 1. The van der Waals surface area contributed by atoms with Crippen molar-refractivity contribution in [3.05, 3.63) is 59.4 Å². The van der Waals surface area contributed by atoms with E-state index in [1.807, 2.05) is 25.2 Å². The van der Waals surface area contributed by atoms with Crippen molar-refractivity contribution in [1.82, 2.24) is 4.98 Å². The van der Waals surface area contributed by atoms with Gasteiger partial charge < -0.3 is 10.6 Å². The number of pyridine rings is 1. The normalized spacial score (nSPS) is 10.2. The molecule has 1 heterocycles. The van der Waals surface area contributed by atoms with Gasteiger partial charge in [0.05, 0.1) is 0 Å². The second kappa shape index (κ2) is 5.52. The molecule has 2 N–H and O–H groups in total. The van der Waals surface area contributed by atoms with Crippen LogP contribution in [0.15, 0.2) is 42.6 Å². The molecular formula is C15H17N3O. The molecule has 19 heavy (non-hydrogen) atoms. The molecule has 0 bridgehead atoms. The summed E-state index contributed by atoms with van der Waals surface area (Å²) in [7, 11) is 1.98. The van der Waals surface area contributed by atoms with Crippen molar-refractivity contribution >= 4 is 11.6 Å². The Labute approximate surface area is 112 Å². The van der Waals surface area contributed by atoms with Gasteiger partial charge in [-0.3, -0.25) is 9.78 Å². The summed E-state index contributed by atoms with van der Waals surface area (Å²) in [6.07, 6.45) is 1.60. The van der Waals surface area contributed by atoms with Crippen molar-refractivity contribution in [1.29, 1.82) is 0 Å². The lowest BCUT2D eigenvalue weighted by atomic mass is 10.1. The molecule has 0 aliphatic heterocycles. The van der Waals surface area contributed by atoms with Gasteiger partial charge in [-0.25, -0.2) is 0 Å². The van der Waals surface area contributed by atoms with Gasteiger partial charge in [-0.15, -0.1) is 0 Å². The van der Waals surface area contributed by atoms with Gasteiger partial charge in [-0.2, -0.15) is 0 Å². The highest BCUT2D eigenvalue weighted by molar-refractivity contribution is 5.91. The van der Waals surface area contributed by atoms with E-state index in [0.29, 0.717) is 0 Å². The minimum atomic E-state index is -0.508. The van der Waals surface area contributed by atoms with Crippen molar-refractivity contribution in [2.75, 3.05) is 11.9 Å². The number of nitrogens with two attached hydrogens (primary N) is 1. The van der Waals surface area contributed by atoms with Crippen LogP contribution in [-0.2, 0) is 6.54 Å². The van der Waals surface area contributed by atoms with Crippen LogP contribution >= 0.6 is 0 Å². The molecule has 1 aromatic heterocycles. The Kier molecular flexibility index (Phi) is 3.80. The number of nitrogens with zero attached hydrogens (tertiary/aromatic N) is 2. The van der Waals surface area contributed by atoms with Crippen LogP contribution in [0.4, 0.5) is 5.69 Å². The zero-order valence-electron chi connectivity index (χ0n) is 11.1. The molecule has 98 valence electrons. The number of hydrogen-bond donors (Lipinski definition) is 1. The smallest absolute Gasteiger partial charge is 0.267 e. The van der Waals surface area contributed by atoms with E-state index in [1.54, 1.807) is 12.3 Å². The Morgan fingerprint density at radius 3 is 2.74 bits per heavy atom. The fourth-order valence-corrected chi connectivity index (χ4v) is 1.93. The second-order valence-corrected chi connectivity index (χ2v) is 4.55. The van der Waals surface area contributed by atoms with Gasteiger partial charge >= 0.3 is 0 Å². The predicted molar refractivity (Wildman–Crippen MR) is 76.0 cm³/mol. The lowest BCUT2D eigenvalue weighted by molar-refractivity contribution is 0.0995. The minimum Gasteiger partial charge on any atom is -0.370 e. The molecule has 0 saturated heterocycles. The van der Waals surface area contributed by atoms with Crippen molar-refractivity contribution < 1.29 is 4.79 Å². The monoisotopic (exact) mass is 255 g/mol. The first-order valence-electron chi connectivity index (χ1n) is 6.09. The number of rotatable bonds is 4. The van der Waals surface area contributed by atoms with Gasteiger partial charge in [-0.05, 0) is 30.2 Å². The van der Waals surface area contributed by atoms with Crippen LogP contribution in [-0.4, -0.2) is 17.9 Å². The topological polar surface area (TPSA) is 59.2 Å². The van der Waals surface area contributed by atoms with Crippen LogP contribution in [0, 0.1) is 6.92 Å². The van der Waals surface area contributed by atoms with Crippen LogP contribution in [0.3, 0.4) is 0 Å². The zero-order valence-corrected chi connectivity index (χ0v) is 11.1. The molecule has 0 radical (unpaired) electrons. The highest BCUT2D eigenvalue weighted by Gasteiger charge is 2.07. The molecule has 2 rings (SSSR count). The molecule has 1 amide bonds. The number of anilines is 1. The molecule has 4 nitrogen and oxygen atoms in total. The molecule has 1 aromatic carbocycles. The fourth-order valence-electron chi connectivity index (χ4n) is 1.93. The summed E-state index contributed by atoms with van der Waals surface area (Å²) >= 11 is 0. The van der Waals surface area contributed by atoms with E-state index in [2.05, 4.69) is 28.9 Å². The van der Waals surface area contributed by atoms with Gasteiger partial charge in [0.1, 0.15) is 5.69 Å². The van der Waals surface area contributed by atoms with Gasteiger partial charge in [0.25, 0.3) is 5.91 Å². The largest absolute Gasteiger partial charge is 0.370 e. The minimum absolute atomic E-state index is 0.286. The Balaban J connectivity index is 2.20. The SMILES string of the molecule is Cc1ccccc1CN(C)c1ccnc(C(N)=O)c1. The Morgan fingerprint density at radius 2 is 2.05 bits per heavy atom. The first kappa shape index (κ1) is 13.1. The molecule has 0 aliphatic rings. The average molecular weight is 255 g/mol. The van der Waals surface area contributed by atoms with Crippen LogP contribution < -0.4 is 10.6 Å². The van der Waals surface area contributed by atoms with Crippen molar-refractivity contribution in [2.24, 2.45) is 5.73 Å². The van der Waals surface area contributed by atoms with Crippen molar-refractivity contribution in [3.8, 4) is 0 Å². The lowest BCUT2D eigenvalue weighted by Gasteiger charge is -2.20. The molecule has 0 saturated carbocycles. The summed E-state index contributed by atoms with van der Waals surface area (Å²) in [5.74, 6) is -0.508. The Morgan fingerprint density at radius 1 is 1.32 bits per heavy atom. The Hall–Kier alpha value is -2.36. The molecule has 0 fully saturated rings. The van der Waals surface area contributed by atoms with Gasteiger partial charge in [0.15, 0.2) is 0 Å². The third-order valence-corrected chi connectivity index (χ3v) is 3.11. The van der Waals surface area contributed by atoms with Crippen molar-refractivity contribution in [3.63, 3.8) is 0 Å². The first-order valence-corrected chi connectivity index (χ1v) is 6.09. The third kappa shape index (κ3) is 3.10. The maximum absolute atomic E-state index is 11.1. The van der Waals surface area contributed by atoms with E-state index >= 15 is 0 Å². The summed E-state index contributed by atoms with van der Waals surface area (Å²) in [5.41, 5.74) is 8.95. The average Bonchev–Trinajstić information content (AvgIpc) is 2.41. The van der Waals surface area contributed by atoms with E-state index < -0.39 is 5.91 Å². The number of primary amides is 1. The van der Waals surface area contributed by atoms with Crippen LogP contribution in [0.25, 0.3) is 0 Å². The highest BCUT2D eigenvalue weighted by atomic mass is 16.1. The van der Waals surface area contributed by atoms with E-state index in [-0.39, 0.29) is 5.69 Å². The van der Waals surface area contributed by atoms with Crippen molar-refractivity contribution in [2.45, 2.75) is 13.5 Å². The van der Waals surface area contributed by atoms with E-state index in [0.717, 1.165) is 12.2 Å². The summed E-state index contributed by atoms with van der Waals surface area (Å²) in [6, 6.07) is 11.8. The Bertz CT molecular complexity index is 595. The van der Waals surface area contributed by atoms with E-state index in [9.17, 15) is 4.79 Å². The summed E-state index contributed by atoms with van der Waals surface area (Å²) in [5, 5.41) is 0. The van der Waals surface area contributed by atoms with E-state index in [4.69, 9.17) is 5.73 Å². The maximum Gasteiger partial charge on any atom is 0.267 e. The first-order chi connectivity index (χ1) is 9.08. The molecule has 4 heteroatoms. The third-order valence-electron chi connectivity index (χ3n) is 3.11. The number of aromatic nitrogens is 1. The molecule has 0 unspecified atom stereocenters. The summed E-state index contributed by atoms with van der Waals surface area (Å²) in [6.45, 7) is 2.86. The lowest BCUT2D eigenvalue weighted by Crippen LogP contribution is -2.19. The quantitative estimate of drug-likeness (QED) is 0.910. The molecule has 0 aliphatic carbocycles. The van der Waals surface area contributed by atoms with E-state index in [1.165, 1.54) is 11.1 Å². The zero-order chi connectivity index (χ0) is 13.8. The summed E-state index contributed by atoms with van der Waals surface area (Å²) in [4.78, 5) is 17.1.